The normalized spacial score (nSPS) is 41.8. The molecule has 2 aliphatic carbocycles. The Morgan fingerprint density at radius 2 is 1.93 bits per heavy atom. The van der Waals surface area contributed by atoms with E-state index in [9.17, 15) is 8.78 Å². The van der Waals surface area contributed by atoms with Crippen LogP contribution in [0.1, 0.15) is 44.9 Å². The van der Waals surface area contributed by atoms with Gasteiger partial charge in [0, 0.05) is 18.4 Å². The van der Waals surface area contributed by atoms with Gasteiger partial charge in [-0.15, -0.1) is 0 Å². The van der Waals surface area contributed by atoms with E-state index in [-0.39, 0.29) is 18.4 Å². The van der Waals surface area contributed by atoms with Crippen molar-refractivity contribution in [3.63, 3.8) is 0 Å². The third-order valence-corrected chi connectivity index (χ3v) is 3.80. The summed E-state index contributed by atoms with van der Waals surface area (Å²) in [5, 5.41) is 0. The van der Waals surface area contributed by atoms with Crippen LogP contribution in [0.4, 0.5) is 8.78 Å². The molecule has 14 heavy (non-hydrogen) atoms. The molecule has 2 aliphatic rings. The largest absolute Gasteiger partial charge is 0.328 e. The van der Waals surface area contributed by atoms with E-state index >= 15 is 0 Å². The molecule has 0 spiro atoms. The van der Waals surface area contributed by atoms with Crippen molar-refractivity contribution in [3.8, 4) is 0 Å². The number of nitrogens with two attached hydrogens (primary N) is 1. The molecule has 2 N–H and O–H groups in total. The molecule has 0 amide bonds. The van der Waals surface area contributed by atoms with E-state index in [1.54, 1.807) is 0 Å². The minimum absolute atomic E-state index is 0.108. The first-order valence-electron chi connectivity index (χ1n) is 5.71. The van der Waals surface area contributed by atoms with Gasteiger partial charge in [-0.2, -0.15) is 0 Å². The van der Waals surface area contributed by atoms with Crippen LogP contribution in [0.5, 0.6) is 0 Å². The highest BCUT2D eigenvalue weighted by Gasteiger charge is 2.43. The van der Waals surface area contributed by atoms with Crippen molar-refractivity contribution in [2.45, 2.75) is 56.9 Å². The minimum Gasteiger partial charge on any atom is -0.328 e. The van der Waals surface area contributed by atoms with E-state index < -0.39 is 5.92 Å². The van der Waals surface area contributed by atoms with Gasteiger partial charge in [0.1, 0.15) is 0 Å². The molecule has 2 rings (SSSR count). The quantitative estimate of drug-likeness (QED) is 0.733. The van der Waals surface area contributed by atoms with Crippen LogP contribution in [0, 0.1) is 11.8 Å². The Morgan fingerprint density at radius 1 is 1.21 bits per heavy atom. The SMILES string of the molecule is NC1CC(CC2CCCCC2(F)F)C1. The summed E-state index contributed by atoms with van der Waals surface area (Å²) < 4.78 is 26.9. The summed E-state index contributed by atoms with van der Waals surface area (Å²) in [6.45, 7) is 0. The highest BCUT2D eigenvalue weighted by Crippen LogP contribution is 2.44. The molecule has 3 heteroatoms. The lowest BCUT2D eigenvalue weighted by atomic mass is 9.71. The highest BCUT2D eigenvalue weighted by atomic mass is 19.3. The first-order chi connectivity index (χ1) is 6.58. The van der Waals surface area contributed by atoms with Gasteiger partial charge in [0.15, 0.2) is 0 Å². The average molecular weight is 203 g/mol. The topological polar surface area (TPSA) is 26.0 Å². The Bertz CT molecular complexity index is 199. The molecular weight excluding hydrogens is 184 g/mol. The lowest BCUT2D eigenvalue weighted by molar-refractivity contribution is -0.0966. The van der Waals surface area contributed by atoms with Gasteiger partial charge >= 0.3 is 0 Å². The Hall–Kier alpha value is -0.180. The molecule has 1 unspecified atom stereocenters. The Morgan fingerprint density at radius 3 is 2.50 bits per heavy atom. The molecule has 0 saturated heterocycles. The maximum Gasteiger partial charge on any atom is 0.250 e. The monoisotopic (exact) mass is 203 g/mol. The van der Waals surface area contributed by atoms with E-state index in [1.165, 1.54) is 0 Å². The predicted octanol–water partition coefficient (Wildman–Crippen LogP) is 2.94. The fourth-order valence-electron chi connectivity index (χ4n) is 2.84. The molecule has 0 aliphatic heterocycles. The summed E-state index contributed by atoms with van der Waals surface area (Å²) in [6, 6.07) is 0.289. The average Bonchev–Trinajstić information content (AvgIpc) is 2.05. The maximum atomic E-state index is 13.5. The van der Waals surface area contributed by atoms with Gasteiger partial charge in [0.25, 0.3) is 5.92 Å². The van der Waals surface area contributed by atoms with Crippen LogP contribution in [0.15, 0.2) is 0 Å². The van der Waals surface area contributed by atoms with E-state index in [2.05, 4.69) is 0 Å². The number of hydrogen-bond donors (Lipinski definition) is 1. The molecule has 0 aromatic rings. The fourth-order valence-corrected chi connectivity index (χ4v) is 2.84. The Balaban J connectivity index is 1.83. The van der Waals surface area contributed by atoms with Crippen LogP contribution in [0.25, 0.3) is 0 Å². The maximum absolute atomic E-state index is 13.5. The molecule has 1 atom stereocenters. The second kappa shape index (κ2) is 3.76. The first-order valence-corrected chi connectivity index (χ1v) is 5.71. The molecule has 1 nitrogen and oxygen atoms in total. The predicted molar refractivity (Wildman–Crippen MR) is 52.2 cm³/mol. The number of hydrogen-bond acceptors (Lipinski definition) is 1. The molecule has 0 aromatic carbocycles. The fraction of sp³-hybridized carbons (Fsp3) is 1.00. The van der Waals surface area contributed by atoms with Crippen molar-refractivity contribution in [3.05, 3.63) is 0 Å². The minimum atomic E-state index is -2.39. The van der Waals surface area contributed by atoms with Crippen molar-refractivity contribution in [2.75, 3.05) is 0 Å². The lowest BCUT2D eigenvalue weighted by Gasteiger charge is -2.39. The van der Waals surface area contributed by atoms with Crippen molar-refractivity contribution >= 4 is 0 Å². The molecule has 0 radical (unpaired) electrons. The van der Waals surface area contributed by atoms with Gasteiger partial charge < -0.3 is 5.73 Å². The summed E-state index contributed by atoms with van der Waals surface area (Å²) in [7, 11) is 0. The Labute approximate surface area is 84.0 Å². The van der Waals surface area contributed by atoms with Crippen LogP contribution in [0.3, 0.4) is 0 Å². The summed E-state index contributed by atoms with van der Waals surface area (Å²) in [4.78, 5) is 0. The first kappa shape index (κ1) is 10.3. The summed E-state index contributed by atoms with van der Waals surface area (Å²) in [6.07, 6.45) is 5.15. The van der Waals surface area contributed by atoms with Crippen molar-refractivity contribution < 1.29 is 8.78 Å². The number of halogens is 2. The second-order valence-corrected chi connectivity index (χ2v) is 5.04. The van der Waals surface area contributed by atoms with Gasteiger partial charge in [0.2, 0.25) is 0 Å². The third kappa shape index (κ3) is 2.08. The molecular formula is C11H19F2N. The molecule has 0 aromatic heterocycles. The lowest BCUT2D eigenvalue weighted by Crippen LogP contribution is -2.40. The van der Waals surface area contributed by atoms with Crippen molar-refractivity contribution in [1.82, 2.24) is 0 Å². The number of rotatable bonds is 2. The zero-order valence-corrected chi connectivity index (χ0v) is 8.52. The van der Waals surface area contributed by atoms with Crippen LogP contribution < -0.4 is 5.73 Å². The Kier molecular flexibility index (Phi) is 2.78. The van der Waals surface area contributed by atoms with Crippen LogP contribution in [0.2, 0.25) is 0 Å². The van der Waals surface area contributed by atoms with Gasteiger partial charge in [-0.3, -0.25) is 0 Å². The molecule has 0 heterocycles. The zero-order chi connectivity index (χ0) is 10.2. The number of alkyl halides is 2. The van der Waals surface area contributed by atoms with Gasteiger partial charge in [0.05, 0.1) is 0 Å². The van der Waals surface area contributed by atoms with E-state index in [4.69, 9.17) is 5.73 Å². The molecule has 82 valence electrons. The van der Waals surface area contributed by atoms with Crippen molar-refractivity contribution in [1.29, 1.82) is 0 Å². The van der Waals surface area contributed by atoms with Crippen LogP contribution in [-0.4, -0.2) is 12.0 Å². The van der Waals surface area contributed by atoms with Crippen molar-refractivity contribution in [2.24, 2.45) is 17.6 Å². The molecule has 2 fully saturated rings. The third-order valence-electron chi connectivity index (χ3n) is 3.80. The van der Waals surface area contributed by atoms with E-state index in [0.717, 1.165) is 25.7 Å². The summed E-state index contributed by atoms with van der Waals surface area (Å²) >= 11 is 0. The van der Waals surface area contributed by atoms with Gasteiger partial charge in [-0.25, -0.2) is 8.78 Å². The highest BCUT2D eigenvalue weighted by molar-refractivity contribution is 4.89. The molecule has 0 bridgehead atoms. The standard InChI is InChI=1S/C11H19F2N/c12-11(13)4-2-1-3-9(11)5-8-6-10(14)7-8/h8-10H,1-7,14H2. The van der Waals surface area contributed by atoms with Gasteiger partial charge in [-0.05, 0) is 38.0 Å². The summed E-state index contributed by atoms with van der Waals surface area (Å²) in [5.74, 6) is -2.26. The van der Waals surface area contributed by atoms with E-state index in [0.29, 0.717) is 18.8 Å². The van der Waals surface area contributed by atoms with Crippen LogP contribution in [-0.2, 0) is 0 Å². The smallest absolute Gasteiger partial charge is 0.250 e. The van der Waals surface area contributed by atoms with Gasteiger partial charge in [-0.1, -0.05) is 6.42 Å². The van der Waals surface area contributed by atoms with E-state index in [1.807, 2.05) is 0 Å². The van der Waals surface area contributed by atoms with Crippen LogP contribution >= 0.6 is 0 Å². The second-order valence-electron chi connectivity index (χ2n) is 5.04. The molecule has 2 saturated carbocycles. The zero-order valence-electron chi connectivity index (χ0n) is 8.52. The summed E-state index contributed by atoms with van der Waals surface area (Å²) in [5.41, 5.74) is 5.65.